The number of nitrogens with one attached hydrogen (secondary N) is 2. The van der Waals surface area contributed by atoms with E-state index in [2.05, 4.69) is 30.7 Å². The zero-order valence-electron chi connectivity index (χ0n) is 23.9. The second-order valence-corrected chi connectivity index (χ2v) is 10.6. The van der Waals surface area contributed by atoms with E-state index in [1.165, 1.54) is 0 Å². The maximum atomic E-state index is 13.7. The maximum Gasteiger partial charge on any atom is 0.272 e. The second-order valence-electron chi connectivity index (χ2n) is 10.6. The molecule has 1 aliphatic heterocycles. The van der Waals surface area contributed by atoms with Gasteiger partial charge in [0, 0.05) is 42.1 Å². The first-order valence-electron chi connectivity index (χ1n) is 13.8. The van der Waals surface area contributed by atoms with Gasteiger partial charge in [0.05, 0.1) is 5.52 Å². The number of benzene rings is 1. The van der Waals surface area contributed by atoms with Gasteiger partial charge in [-0.15, -0.1) is 0 Å². The average Bonchev–Trinajstić information content (AvgIpc) is 3.51. The minimum Gasteiger partial charge on any atom is -0.351 e. The van der Waals surface area contributed by atoms with Gasteiger partial charge in [-0.1, -0.05) is 19.1 Å². The lowest BCUT2D eigenvalue weighted by Gasteiger charge is -2.24. The Morgan fingerprint density at radius 2 is 1.78 bits per heavy atom. The molecule has 4 aromatic rings. The van der Waals surface area contributed by atoms with E-state index < -0.39 is 6.04 Å². The topological polar surface area (TPSA) is 135 Å². The van der Waals surface area contributed by atoms with Crippen molar-refractivity contribution in [2.75, 3.05) is 18.4 Å². The Morgan fingerprint density at radius 1 is 1.02 bits per heavy atom. The van der Waals surface area contributed by atoms with Gasteiger partial charge in [-0.3, -0.25) is 19.1 Å². The number of anilines is 1. The zero-order chi connectivity index (χ0) is 29.3. The summed E-state index contributed by atoms with van der Waals surface area (Å²) in [5.74, 6) is 0.488. The summed E-state index contributed by atoms with van der Waals surface area (Å²) >= 11 is 0. The van der Waals surface area contributed by atoms with Crippen molar-refractivity contribution in [3.63, 3.8) is 0 Å². The first-order chi connectivity index (χ1) is 19.6. The zero-order valence-corrected chi connectivity index (χ0v) is 23.9. The van der Waals surface area contributed by atoms with Crippen molar-refractivity contribution in [2.24, 2.45) is 5.92 Å². The van der Waals surface area contributed by atoms with Crippen LogP contribution in [0.25, 0.3) is 22.0 Å². The molecular weight excluding hydrogens is 520 g/mol. The predicted octanol–water partition coefficient (Wildman–Crippen LogP) is 3.44. The molecule has 0 aliphatic carbocycles. The van der Waals surface area contributed by atoms with E-state index in [0.29, 0.717) is 42.1 Å². The van der Waals surface area contributed by atoms with Gasteiger partial charge in [0.2, 0.25) is 11.8 Å². The van der Waals surface area contributed by atoms with Crippen LogP contribution in [0.4, 0.5) is 5.82 Å². The van der Waals surface area contributed by atoms with Crippen molar-refractivity contribution in [1.82, 2.24) is 34.9 Å². The summed E-state index contributed by atoms with van der Waals surface area (Å²) in [6, 6.07) is 8.77. The molecule has 1 aromatic carbocycles. The van der Waals surface area contributed by atoms with Crippen molar-refractivity contribution in [3.05, 3.63) is 65.5 Å². The van der Waals surface area contributed by atoms with E-state index in [-0.39, 0.29) is 35.9 Å². The van der Waals surface area contributed by atoms with Gasteiger partial charge in [-0.25, -0.2) is 15.0 Å². The summed E-state index contributed by atoms with van der Waals surface area (Å²) < 4.78 is 1.54. The van der Waals surface area contributed by atoms with Crippen molar-refractivity contribution in [2.45, 2.75) is 53.6 Å². The molecular formula is C30H34N8O3. The van der Waals surface area contributed by atoms with Crippen LogP contribution in [0.5, 0.6) is 0 Å². The van der Waals surface area contributed by atoms with Gasteiger partial charge in [-0.05, 0) is 69.4 Å². The van der Waals surface area contributed by atoms with Gasteiger partial charge in [0.25, 0.3) is 5.91 Å². The smallest absolute Gasteiger partial charge is 0.272 e. The molecule has 2 atom stereocenters. The molecule has 212 valence electrons. The third-order valence-electron chi connectivity index (χ3n) is 7.31. The standard InChI is InChI=1S/C30H34N8O3/c1-6-31-30(41)27-23-12-21(22-13-32-20(5)33-14-22)9-10-24(23)38(36-27)16-26(39)37-15-17(2)11-25(37)29(40)35-28-18(3)7-8-19(4)34-28/h7-10,12-14,17,25H,6,11,15-16H2,1-5H3,(H,31,41)(H,34,35,40). The summed E-state index contributed by atoms with van der Waals surface area (Å²) in [4.78, 5) is 54.6. The Labute approximate surface area is 238 Å². The molecule has 1 fully saturated rings. The number of amides is 3. The van der Waals surface area contributed by atoms with Gasteiger partial charge in [0.1, 0.15) is 24.2 Å². The first kappa shape index (κ1) is 27.9. The fourth-order valence-corrected chi connectivity index (χ4v) is 5.17. The Kier molecular flexibility index (Phi) is 7.78. The normalized spacial score (nSPS) is 16.7. The molecule has 3 aromatic heterocycles. The minimum atomic E-state index is -0.628. The van der Waals surface area contributed by atoms with Crippen LogP contribution in [-0.2, 0) is 16.1 Å². The van der Waals surface area contributed by atoms with Crippen molar-refractivity contribution in [3.8, 4) is 11.1 Å². The summed E-state index contributed by atoms with van der Waals surface area (Å²) in [6.45, 7) is 10.2. The molecule has 5 rings (SSSR count). The van der Waals surface area contributed by atoms with E-state index in [1.807, 2.05) is 65.0 Å². The molecule has 4 heterocycles. The lowest BCUT2D eigenvalue weighted by Crippen LogP contribution is -2.44. The molecule has 0 spiro atoms. The Balaban J connectivity index is 1.43. The number of fused-ring (bicyclic) bond motifs is 1. The first-order valence-corrected chi connectivity index (χ1v) is 13.8. The van der Waals surface area contributed by atoms with Crippen molar-refractivity contribution >= 4 is 34.4 Å². The average molecular weight is 555 g/mol. The van der Waals surface area contributed by atoms with E-state index in [0.717, 1.165) is 22.4 Å². The highest BCUT2D eigenvalue weighted by molar-refractivity contribution is 6.06. The van der Waals surface area contributed by atoms with E-state index in [1.54, 1.807) is 22.0 Å². The Hall–Kier alpha value is -4.67. The minimum absolute atomic E-state index is 0.110. The lowest BCUT2D eigenvalue weighted by atomic mass is 10.1. The highest BCUT2D eigenvalue weighted by Gasteiger charge is 2.38. The summed E-state index contributed by atoms with van der Waals surface area (Å²) in [6.07, 6.45) is 4.02. The fourth-order valence-electron chi connectivity index (χ4n) is 5.17. The molecule has 2 unspecified atom stereocenters. The second kappa shape index (κ2) is 11.4. The predicted molar refractivity (Wildman–Crippen MR) is 155 cm³/mol. The number of rotatable bonds is 7. The quantitative estimate of drug-likeness (QED) is 0.357. The highest BCUT2D eigenvalue weighted by atomic mass is 16.2. The number of likely N-dealkylation sites (tertiary alicyclic amines) is 1. The van der Waals surface area contributed by atoms with Gasteiger partial charge in [-0.2, -0.15) is 5.10 Å². The molecule has 11 nitrogen and oxygen atoms in total. The molecule has 0 saturated carbocycles. The number of aryl methyl sites for hydroxylation is 3. The van der Waals surface area contributed by atoms with Crippen LogP contribution < -0.4 is 10.6 Å². The number of nitrogens with zero attached hydrogens (tertiary/aromatic N) is 6. The van der Waals surface area contributed by atoms with E-state index in [4.69, 9.17) is 0 Å². The SMILES string of the molecule is CCNC(=O)c1nn(CC(=O)N2CC(C)CC2C(=O)Nc2nc(C)ccc2C)c2ccc(-c3cnc(C)nc3)cc12. The summed E-state index contributed by atoms with van der Waals surface area (Å²) in [5.41, 5.74) is 4.16. The Morgan fingerprint density at radius 3 is 2.51 bits per heavy atom. The molecule has 2 N–H and O–H groups in total. The van der Waals surface area contributed by atoms with Crippen LogP contribution in [-0.4, -0.2) is 66.5 Å². The van der Waals surface area contributed by atoms with Crippen LogP contribution in [0.3, 0.4) is 0 Å². The van der Waals surface area contributed by atoms with Crippen LogP contribution in [0, 0.1) is 26.7 Å². The van der Waals surface area contributed by atoms with Gasteiger partial charge < -0.3 is 15.5 Å². The van der Waals surface area contributed by atoms with Crippen molar-refractivity contribution < 1.29 is 14.4 Å². The number of hydrogen-bond donors (Lipinski definition) is 2. The molecule has 3 amide bonds. The third-order valence-corrected chi connectivity index (χ3v) is 7.31. The van der Waals surface area contributed by atoms with E-state index >= 15 is 0 Å². The van der Waals surface area contributed by atoms with Crippen LogP contribution >= 0.6 is 0 Å². The van der Waals surface area contributed by atoms with Crippen LogP contribution in [0.2, 0.25) is 0 Å². The lowest BCUT2D eigenvalue weighted by molar-refractivity contribution is -0.137. The largest absolute Gasteiger partial charge is 0.351 e. The number of carbonyl (C=O) groups is 3. The monoisotopic (exact) mass is 554 g/mol. The molecule has 1 aliphatic rings. The molecule has 41 heavy (non-hydrogen) atoms. The molecule has 1 saturated heterocycles. The van der Waals surface area contributed by atoms with Gasteiger partial charge >= 0.3 is 0 Å². The number of aromatic nitrogens is 5. The highest BCUT2D eigenvalue weighted by Crippen LogP contribution is 2.28. The Bertz CT molecular complexity index is 1630. The van der Waals surface area contributed by atoms with Crippen LogP contribution in [0.1, 0.15) is 47.8 Å². The van der Waals surface area contributed by atoms with E-state index in [9.17, 15) is 14.4 Å². The number of pyridine rings is 1. The number of carbonyl (C=O) groups excluding carboxylic acids is 3. The fraction of sp³-hybridized carbons (Fsp3) is 0.367. The van der Waals surface area contributed by atoms with Gasteiger partial charge in [0.15, 0.2) is 5.69 Å². The summed E-state index contributed by atoms with van der Waals surface area (Å²) in [5, 5.41) is 10.9. The molecule has 11 heteroatoms. The number of hydrogen-bond acceptors (Lipinski definition) is 7. The summed E-state index contributed by atoms with van der Waals surface area (Å²) in [7, 11) is 0. The maximum absolute atomic E-state index is 13.7. The molecule has 0 bridgehead atoms. The third kappa shape index (κ3) is 5.79. The van der Waals surface area contributed by atoms with Crippen LogP contribution in [0.15, 0.2) is 42.7 Å². The van der Waals surface area contributed by atoms with Crippen molar-refractivity contribution in [1.29, 1.82) is 0 Å². The molecule has 0 radical (unpaired) electrons.